The van der Waals surface area contributed by atoms with Gasteiger partial charge < -0.3 is 9.47 Å². The Balaban J connectivity index is 2.72. The normalized spacial score (nSPS) is 11.9. The van der Waals surface area contributed by atoms with Crippen LogP contribution >= 0.6 is 0 Å². The first kappa shape index (κ1) is 11.6. The lowest BCUT2D eigenvalue weighted by molar-refractivity contribution is -0.148. The van der Waals surface area contributed by atoms with Crippen LogP contribution in [0.2, 0.25) is 0 Å². The van der Waals surface area contributed by atoms with E-state index >= 15 is 0 Å². The van der Waals surface area contributed by atoms with E-state index in [1.54, 1.807) is 14.0 Å². The second-order valence-electron chi connectivity index (χ2n) is 3.26. The van der Waals surface area contributed by atoms with Gasteiger partial charge in [0, 0.05) is 6.42 Å². The van der Waals surface area contributed by atoms with Crippen LogP contribution in [0, 0.1) is 0 Å². The highest BCUT2D eigenvalue weighted by atomic mass is 16.5. The summed E-state index contributed by atoms with van der Waals surface area (Å²) >= 11 is 0. The Kier molecular flexibility index (Phi) is 4.16. The number of carbonyl (C=O) groups excluding carboxylic acids is 1. The number of methoxy groups -OCH3 is 1. The molecule has 1 aromatic carbocycles. The minimum Gasteiger partial charge on any atom is -0.497 e. The number of hydrogen-bond donors (Lipinski definition) is 0. The maximum atomic E-state index is 11.1. The summed E-state index contributed by atoms with van der Waals surface area (Å²) in [6.45, 7) is 3.63. The molecule has 0 spiro atoms. The van der Waals surface area contributed by atoms with Crippen molar-refractivity contribution >= 4 is 5.97 Å². The summed E-state index contributed by atoms with van der Waals surface area (Å²) in [6, 6.07) is 7.52. The van der Waals surface area contributed by atoms with Crippen molar-refractivity contribution in [2.45, 2.75) is 26.4 Å². The molecule has 1 rings (SSSR count). The number of hydrogen-bond acceptors (Lipinski definition) is 3. The molecule has 1 aromatic rings. The Hall–Kier alpha value is -1.51. The summed E-state index contributed by atoms with van der Waals surface area (Å²) in [7, 11) is 1.61. The first-order valence-electron chi connectivity index (χ1n) is 5.00. The van der Waals surface area contributed by atoms with Crippen LogP contribution < -0.4 is 4.74 Å². The molecule has 0 heterocycles. The largest absolute Gasteiger partial charge is 0.497 e. The van der Waals surface area contributed by atoms with E-state index in [1.165, 1.54) is 0 Å². The molecule has 1 atom stereocenters. The molecule has 82 valence electrons. The van der Waals surface area contributed by atoms with Gasteiger partial charge in [0.2, 0.25) is 0 Å². The first-order chi connectivity index (χ1) is 7.17. The molecular formula is C12H16O3. The highest BCUT2D eigenvalue weighted by molar-refractivity contribution is 5.69. The maximum absolute atomic E-state index is 11.1. The van der Waals surface area contributed by atoms with Crippen LogP contribution in [0.5, 0.6) is 5.75 Å². The van der Waals surface area contributed by atoms with Crippen LogP contribution in [0.4, 0.5) is 0 Å². The molecule has 0 saturated heterocycles. The lowest BCUT2D eigenvalue weighted by atomic mass is 10.1. The highest BCUT2D eigenvalue weighted by Gasteiger charge is 2.10. The van der Waals surface area contributed by atoms with Crippen molar-refractivity contribution in [3.8, 4) is 5.75 Å². The van der Waals surface area contributed by atoms with Gasteiger partial charge in [-0.1, -0.05) is 19.1 Å². The molecule has 0 N–H and O–H groups in total. The van der Waals surface area contributed by atoms with E-state index in [-0.39, 0.29) is 12.1 Å². The fourth-order valence-corrected chi connectivity index (χ4v) is 1.24. The van der Waals surface area contributed by atoms with E-state index in [2.05, 4.69) is 0 Å². The first-order valence-corrected chi connectivity index (χ1v) is 5.00. The fraction of sp³-hybridized carbons (Fsp3) is 0.417. The second-order valence-corrected chi connectivity index (χ2v) is 3.26. The van der Waals surface area contributed by atoms with Crippen LogP contribution in [0.25, 0.3) is 0 Å². The van der Waals surface area contributed by atoms with Gasteiger partial charge in [-0.2, -0.15) is 0 Å². The zero-order valence-corrected chi connectivity index (χ0v) is 9.32. The van der Waals surface area contributed by atoms with Crippen LogP contribution in [0.3, 0.4) is 0 Å². The molecule has 0 bridgehead atoms. The molecule has 0 aliphatic carbocycles. The number of benzene rings is 1. The number of esters is 1. The molecule has 0 aliphatic rings. The third-order valence-electron chi connectivity index (χ3n) is 2.16. The molecule has 0 aromatic heterocycles. The summed E-state index contributed by atoms with van der Waals surface area (Å²) in [6.07, 6.45) is 0.168. The van der Waals surface area contributed by atoms with Gasteiger partial charge in [0.1, 0.15) is 11.9 Å². The minimum absolute atomic E-state index is 0.190. The quantitative estimate of drug-likeness (QED) is 0.714. The highest BCUT2D eigenvalue weighted by Crippen LogP contribution is 2.21. The monoisotopic (exact) mass is 208 g/mol. The Morgan fingerprint density at radius 2 is 2.20 bits per heavy atom. The van der Waals surface area contributed by atoms with Gasteiger partial charge in [-0.05, 0) is 24.6 Å². The Bertz CT molecular complexity index is 333. The molecule has 3 nitrogen and oxygen atoms in total. The van der Waals surface area contributed by atoms with Crippen molar-refractivity contribution in [2.24, 2.45) is 0 Å². The predicted molar refractivity (Wildman–Crippen MR) is 57.8 cm³/mol. The number of rotatable bonds is 4. The van der Waals surface area contributed by atoms with E-state index in [1.807, 2.05) is 31.2 Å². The Labute approximate surface area is 90.0 Å². The van der Waals surface area contributed by atoms with Gasteiger partial charge in [-0.3, -0.25) is 4.79 Å². The van der Waals surface area contributed by atoms with E-state index in [9.17, 15) is 4.79 Å². The molecule has 0 aliphatic heterocycles. The number of carbonyl (C=O) groups is 1. The molecule has 0 saturated carbocycles. The Morgan fingerprint density at radius 1 is 1.47 bits per heavy atom. The average Bonchev–Trinajstić information content (AvgIpc) is 2.28. The van der Waals surface area contributed by atoms with Gasteiger partial charge in [0.25, 0.3) is 0 Å². The molecule has 3 heteroatoms. The molecule has 1 unspecified atom stereocenters. The van der Waals surface area contributed by atoms with Crippen LogP contribution in [0.1, 0.15) is 31.9 Å². The van der Waals surface area contributed by atoms with Crippen LogP contribution in [0.15, 0.2) is 24.3 Å². The van der Waals surface area contributed by atoms with Crippen molar-refractivity contribution < 1.29 is 14.3 Å². The van der Waals surface area contributed by atoms with E-state index in [0.29, 0.717) is 6.42 Å². The van der Waals surface area contributed by atoms with E-state index in [0.717, 1.165) is 11.3 Å². The third-order valence-corrected chi connectivity index (χ3v) is 2.16. The standard InChI is InChI=1S/C12H16O3/c1-4-12(13)15-9(2)10-6-5-7-11(8-10)14-3/h5-9H,4H2,1-3H3. The summed E-state index contributed by atoms with van der Waals surface area (Å²) in [5.74, 6) is 0.581. The van der Waals surface area contributed by atoms with Crippen molar-refractivity contribution in [2.75, 3.05) is 7.11 Å². The third kappa shape index (κ3) is 3.27. The predicted octanol–water partition coefficient (Wildman–Crippen LogP) is 2.71. The van der Waals surface area contributed by atoms with Gasteiger partial charge in [0.15, 0.2) is 0 Å². The molecule has 0 fully saturated rings. The van der Waals surface area contributed by atoms with Crippen molar-refractivity contribution in [3.63, 3.8) is 0 Å². The van der Waals surface area contributed by atoms with Crippen LogP contribution in [-0.4, -0.2) is 13.1 Å². The Morgan fingerprint density at radius 3 is 2.80 bits per heavy atom. The lowest BCUT2D eigenvalue weighted by Crippen LogP contribution is -2.07. The zero-order chi connectivity index (χ0) is 11.3. The fourth-order valence-electron chi connectivity index (χ4n) is 1.24. The van der Waals surface area contributed by atoms with Crippen molar-refractivity contribution in [1.29, 1.82) is 0 Å². The van der Waals surface area contributed by atoms with Gasteiger partial charge >= 0.3 is 5.97 Å². The van der Waals surface area contributed by atoms with Crippen molar-refractivity contribution in [1.82, 2.24) is 0 Å². The number of ether oxygens (including phenoxy) is 2. The topological polar surface area (TPSA) is 35.5 Å². The molecule has 15 heavy (non-hydrogen) atoms. The van der Waals surface area contributed by atoms with Gasteiger partial charge in [-0.25, -0.2) is 0 Å². The molecule has 0 radical (unpaired) electrons. The SMILES string of the molecule is CCC(=O)OC(C)c1cccc(OC)c1. The summed E-state index contributed by atoms with van der Waals surface area (Å²) in [4.78, 5) is 11.1. The van der Waals surface area contributed by atoms with E-state index < -0.39 is 0 Å². The maximum Gasteiger partial charge on any atom is 0.306 e. The summed E-state index contributed by atoms with van der Waals surface area (Å²) in [5.41, 5.74) is 0.941. The minimum atomic E-state index is -0.229. The van der Waals surface area contributed by atoms with Gasteiger partial charge in [-0.15, -0.1) is 0 Å². The molecular weight excluding hydrogens is 192 g/mol. The second kappa shape index (κ2) is 5.39. The summed E-state index contributed by atoms with van der Waals surface area (Å²) < 4.78 is 10.3. The van der Waals surface area contributed by atoms with E-state index in [4.69, 9.17) is 9.47 Å². The molecule has 0 amide bonds. The lowest BCUT2D eigenvalue weighted by Gasteiger charge is -2.13. The average molecular weight is 208 g/mol. The van der Waals surface area contributed by atoms with Crippen LogP contribution in [-0.2, 0) is 9.53 Å². The smallest absolute Gasteiger partial charge is 0.306 e. The zero-order valence-electron chi connectivity index (χ0n) is 9.32. The van der Waals surface area contributed by atoms with Crippen molar-refractivity contribution in [3.05, 3.63) is 29.8 Å². The van der Waals surface area contributed by atoms with Gasteiger partial charge in [0.05, 0.1) is 7.11 Å². The summed E-state index contributed by atoms with van der Waals surface area (Å²) in [5, 5.41) is 0.